The first-order valence-electron chi connectivity index (χ1n) is 17.7. The number of anilines is 2. The molecule has 0 radical (unpaired) electrons. The fourth-order valence-corrected chi connectivity index (χ4v) is 16.6. The van der Waals surface area contributed by atoms with E-state index in [9.17, 15) is 0 Å². The topological polar surface area (TPSA) is 6.48 Å². The van der Waals surface area contributed by atoms with Crippen LogP contribution < -0.4 is 34.6 Å². The molecule has 0 saturated carbocycles. The molecule has 0 N–H and O–H groups in total. The van der Waals surface area contributed by atoms with Gasteiger partial charge in [0.1, 0.15) is 0 Å². The van der Waals surface area contributed by atoms with Crippen molar-refractivity contribution in [2.75, 3.05) is 36.0 Å². The van der Waals surface area contributed by atoms with Crippen LogP contribution in [0.25, 0.3) is 11.1 Å². The number of allylic oxidation sites excluding steroid dienone is 4. The molecule has 4 aromatic rings. The van der Waals surface area contributed by atoms with E-state index in [-0.39, 0.29) is 24.8 Å². The van der Waals surface area contributed by atoms with Gasteiger partial charge in [-0.25, -0.2) is 0 Å². The standard InChI is InChI=1S/C25H35N2.C13H10.C5H5.2ClH.Zr/c1-5-13-26(14-6-2)22-11-9-20-17-21-10-12-23(19-25(21)24(20)18-22)27(15-7-3)16-8-4;1-3-7-12(8-4-1)11-13-9-5-2-6-10-13;1-2-4-5-3-1;;;/h9-12,17-19H,5-8,13-16H2,1-4H3;1-10H;1-3H,4H2;2*1H;/q;;;;;+2/p-2. The van der Waals surface area contributed by atoms with E-state index in [0.717, 1.165) is 58.3 Å². The van der Waals surface area contributed by atoms with E-state index in [0.29, 0.717) is 3.63 Å². The summed E-state index contributed by atoms with van der Waals surface area (Å²) in [6, 6.07) is 37.7. The minimum Gasteiger partial charge on any atom is -1.00 e. The molecule has 6 rings (SSSR count). The smallest absolute Gasteiger partial charge is 1.00 e. The van der Waals surface area contributed by atoms with E-state index in [1.165, 1.54) is 33.6 Å². The summed E-state index contributed by atoms with van der Waals surface area (Å²) in [5.41, 5.74) is 11.6. The zero-order valence-electron chi connectivity index (χ0n) is 29.1. The first kappa shape index (κ1) is 38.1. The summed E-state index contributed by atoms with van der Waals surface area (Å²) in [6.45, 7) is 13.6. The average molecular weight is 757 g/mol. The molecule has 0 atom stereocenters. The Kier molecular flexibility index (Phi) is 14.6. The van der Waals surface area contributed by atoms with Gasteiger partial charge in [-0.15, -0.1) is 0 Å². The van der Waals surface area contributed by atoms with Crippen LogP contribution in [0, 0.1) is 0 Å². The Morgan fingerprint density at radius 1 is 0.604 bits per heavy atom. The molecule has 0 aromatic heterocycles. The SMILES string of the molecule is CCCN(CCC)c1ccc2c(c1)-c1cc(N(CCC)CCC)ccc1[CH]2[Zr+2]([C]1=CC=CC1)=[C](c1ccccc1)c1ccccc1.[Cl-].[Cl-]. The second-order valence-electron chi connectivity index (χ2n) is 12.8. The van der Waals surface area contributed by atoms with Gasteiger partial charge in [0.05, 0.1) is 0 Å². The summed E-state index contributed by atoms with van der Waals surface area (Å²) in [6.07, 6.45) is 12.9. The van der Waals surface area contributed by atoms with Crippen LogP contribution >= 0.6 is 0 Å². The van der Waals surface area contributed by atoms with Crippen molar-refractivity contribution in [3.05, 3.63) is 141 Å². The number of hydrogen-bond acceptors (Lipinski definition) is 2. The van der Waals surface area contributed by atoms with Gasteiger partial charge in [-0.3, -0.25) is 0 Å². The van der Waals surface area contributed by atoms with Crippen molar-refractivity contribution in [3.8, 4) is 11.1 Å². The summed E-state index contributed by atoms with van der Waals surface area (Å²) in [5.74, 6) is 0. The minimum absolute atomic E-state index is 0. The Bertz CT molecular complexity index is 1610. The van der Waals surface area contributed by atoms with Gasteiger partial charge in [-0.05, 0) is 0 Å². The molecule has 2 aliphatic carbocycles. The van der Waals surface area contributed by atoms with Gasteiger partial charge in [-0.1, -0.05) is 0 Å². The van der Waals surface area contributed by atoms with E-state index >= 15 is 0 Å². The molecule has 250 valence electrons. The Labute approximate surface area is 309 Å². The fourth-order valence-electron chi connectivity index (χ4n) is 7.57. The first-order valence-corrected chi connectivity index (χ1v) is 21.5. The Morgan fingerprint density at radius 3 is 1.42 bits per heavy atom. The number of fused-ring (bicyclic) bond motifs is 3. The molecule has 2 nitrogen and oxygen atoms in total. The van der Waals surface area contributed by atoms with Crippen molar-refractivity contribution >= 4 is 14.6 Å². The van der Waals surface area contributed by atoms with Crippen LogP contribution in [0.5, 0.6) is 0 Å². The number of rotatable bonds is 14. The molecular formula is C43H50Cl2N2Zr. The van der Waals surface area contributed by atoms with Crippen molar-refractivity contribution < 1.29 is 46.1 Å². The summed E-state index contributed by atoms with van der Waals surface area (Å²) < 4.78 is 3.74. The maximum atomic E-state index is 2.60. The predicted octanol–water partition coefficient (Wildman–Crippen LogP) is 4.75. The summed E-state index contributed by atoms with van der Waals surface area (Å²) in [5, 5.41) is 0. The molecule has 5 heteroatoms. The second kappa shape index (κ2) is 18.3. The van der Waals surface area contributed by atoms with Gasteiger partial charge in [0.2, 0.25) is 0 Å². The quantitative estimate of drug-likeness (QED) is 0.184. The van der Waals surface area contributed by atoms with Crippen LogP contribution in [0.1, 0.15) is 85.7 Å². The van der Waals surface area contributed by atoms with E-state index in [4.69, 9.17) is 0 Å². The third-order valence-corrected chi connectivity index (χ3v) is 17.8. The molecule has 0 fully saturated rings. The number of hydrogen-bond donors (Lipinski definition) is 0. The summed E-state index contributed by atoms with van der Waals surface area (Å²) in [7, 11) is 0. The van der Waals surface area contributed by atoms with Crippen molar-refractivity contribution in [2.24, 2.45) is 0 Å². The van der Waals surface area contributed by atoms with E-state index in [2.05, 4.69) is 153 Å². The van der Waals surface area contributed by atoms with Gasteiger partial charge < -0.3 is 24.8 Å². The van der Waals surface area contributed by atoms with Crippen LogP contribution in [0.4, 0.5) is 11.4 Å². The Morgan fingerprint density at radius 2 is 1.04 bits per heavy atom. The molecular weight excluding hydrogens is 707 g/mol. The van der Waals surface area contributed by atoms with Crippen molar-refractivity contribution in [3.63, 3.8) is 0 Å². The van der Waals surface area contributed by atoms with E-state index < -0.39 is 21.3 Å². The minimum atomic E-state index is -2.67. The van der Waals surface area contributed by atoms with Crippen LogP contribution in [-0.4, -0.2) is 29.4 Å². The van der Waals surface area contributed by atoms with Gasteiger partial charge in [0, 0.05) is 0 Å². The first-order chi connectivity index (χ1) is 22.7. The zero-order valence-corrected chi connectivity index (χ0v) is 33.0. The summed E-state index contributed by atoms with van der Waals surface area (Å²) in [4.78, 5) is 5.21. The Hall–Kier alpha value is -2.71. The molecule has 0 amide bonds. The molecule has 0 spiro atoms. The van der Waals surface area contributed by atoms with Crippen molar-refractivity contribution in [2.45, 2.75) is 63.4 Å². The maximum Gasteiger partial charge on any atom is -1.00 e. The second-order valence-corrected chi connectivity index (χ2v) is 19.1. The monoisotopic (exact) mass is 754 g/mol. The maximum absolute atomic E-state index is 2.67. The Balaban J connectivity index is 0.00000260. The van der Waals surface area contributed by atoms with Crippen molar-refractivity contribution in [1.82, 2.24) is 0 Å². The molecule has 0 unspecified atom stereocenters. The molecule has 2 aliphatic rings. The van der Waals surface area contributed by atoms with Crippen LogP contribution in [0.3, 0.4) is 0 Å². The summed E-state index contributed by atoms with van der Waals surface area (Å²) >= 11 is -2.67. The molecule has 0 heterocycles. The van der Waals surface area contributed by atoms with Gasteiger partial charge in [-0.2, -0.15) is 0 Å². The third kappa shape index (κ3) is 8.02. The van der Waals surface area contributed by atoms with Crippen LogP contribution in [0.2, 0.25) is 0 Å². The van der Waals surface area contributed by atoms with E-state index in [1.54, 1.807) is 17.6 Å². The van der Waals surface area contributed by atoms with Crippen molar-refractivity contribution in [1.29, 1.82) is 0 Å². The number of halogens is 2. The molecule has 0 aliphatic heterocycles. The molecule has 0 saturated heterocycles. The number of benzene rings is 4. The van der Waals surface area contributed by atoms with Crippen LogP contribution in [-0.2, 0) is 21.3 Å². The van der Waals surface area contributed by atoms with Gasteiger partial charge >= 0.3 is 287 Å². The molecule has 0 bridgehead atoms. The normalized spacial score (nSPS) is 12.6. The number of nitrogens with zero attached hydrogens (tertiary/aromatic N) is 2. The molecule has 4 aromatic carbocycles. The fraction of sp³-hybridized carbons (Fsp3) is 0.326. The van der Waals surface area contributed by atoms with Gasteiger partial charge in [0.25, 0.3) is 0 Å². The van der Waals surface area contributed by atoms with Gasteiger partial charge in [0.15, 0.2) is 0 Å². The largest absolute Gasteiger partial charge is 1.00 e. The molecule has 48 heavy (non-hydrogen) atoms. The average Bonchev–Trinajstić information content (AvgIpc) is 3.74. The third-order valence-electron chi connectivity index (χ3n) is 9.49. The van der Waals surface area contributed by atoms with E-state index in [1.807, 2.05) is 0 Å². The van der Waals surface area contributed by atoms with Crippen LogP contribution in [0.15, 0.2) is 119 Å². The zero-order chi connectivity index (χ0) is 31.9. The predicted molar refractivity (Wildman–Crippen MR) is 197 cm³/mol.